The summed E-state index contributed by atoms with van der Waals surface area (Å²) in [4.78, 5) is 14.7. The summed E-state index contributed by atoms with van der Waals surface area (Å²) in [6, 6.07) is 3.57. The Kier molecular flexibility index (Phi) is 2.24. The van der Waals surface area contributed by atoms with Crippen LogP contribution in [-0.2, 0) is 0 Å². The molecule has 0 saturated heterocycles. The number of nitrogens with zero attached hydrogens (tertiary/aromatic N) is 2. The first-order chi connectivity index (χ1) is 6.79. The van der Waals surface area contributed by atoms with E-state index in [1.807, 2.05) is 6.07 Å². The van der Waals surface area contributed by atoms with E-state index in [0.717, 1.165) is 17.1 Å². The van der Waals surface area contributed by atoms with E-state index in [2.05, 4.69) is 9.36 Å². The largest absolute Gasteiger partial charge is 0.476 e. The van der Waals surface area contributed by atoms with Crippen LogP contribution >= 0.6 is 11.5 Å². The van der Waals surface area contributed by atoms with Gasteiger partial charge in [-0.25, -0.2) is 4.79 Å². The number of rotatable bonds is 2. The fourth-order valence-corrected chi connectivity index (χ4v) is 1.81. The highest BCUT2D eigenvalue weighted by atomic mass is 32.1. The molecule has 0 aliphatic rings. The Morgan fingerprint density at radius 3 is 3.00 bits per heavy atom. The molecule has 0 fully saturated rings. The molecule has 1 N–H and O–H groups in total. The highest BCUT2D eigenvalue weighted by molar-refractivity contribution is 7.04. The number of carboxylic acids is 1. The third kappa shape index (κ3) is 1.49. The van der Waals surface area contributed by atoms with E-state index in [1.54, 1.807) is 23.8 Å². The summed E-state index contributed by atoms with van der Waals surface area (Å²) < 4.78 is 3.81. The molecular weight excluding hydrogens is 200 g/mol. The molecule has 0 atom stereocenters. The summed E-state index contributed by atoms with van der Waals surface area (Å²) in [5, 5.41) is 10.5. The van der Waals surface area contributed by atoms with Crippen molar-refractivity contribution in [3.05, 3.63) is 35.6 Å². The van der Waals surface area contributed by atoms with Crippen LogP contribution in [-0.4, -0.2) is 20.4 Å². The molecule has 0 aliphatic heterocycles. The van der Waals surface area contributed by atoms with Gasteiger partial charge in [-0.2, -0.15) is 4.37 Å². The molecule has 0 aliphatic carbocycles. The second-order valence-corrected chi connectivity index (χ2v) is 3.25. The smallest absolute Gasteiger partial charge is 0.356 e. The maximum absolute atomic E-state index is 10.8. The van der Waals surface area contributed by atoms with Gasteiger partial charge in [-0.3, -0.25) is 4.98 Å². The van der Waals surface area contributed by atoms with Gasteiger partial charge in [0.05, 0.1) is 0 Å². The normalized spacial score (nSPS) is 10.0. The lowest BCUT2D eigenvalue weighted by atomic mass is 10.1. The molecule has 2 aromatic rings. The second kappa shape index (κ2) is 3.55. The van der Waals surface area contributed by atoms with E-state index in [0.29, 0.717) is 5.56 Å². The first kappa shape index (κ1) is 8.83. The summed E-state index contributed by atoms with van der Waals surface area (Å²) >= 11 is 1.13. The molecule has 0 bridgehead atoms. The van der Waals surface area contributed by atoms with Crippen molar-refractivity contribution >= 4 is 17.5 Å². The van der Waals surface area contributed by atoms with Crippen molar-refractivity contribution < 1.29 is 9.90 Å². The Labute approximate surface area is 84.0 Å². The molecule has 2 rings (SSSR count). The molecule has 4 nitrogen and oxygen atoms in total. The molecule has 0 aromatic carbocycles. The van der Waals surface area contributed by atoms with Crippen LogP contribution in [0.5, 0.6) is 0 Å². The van der Waals surface area contributed by atoms with E-state index >= 15 is 0 Å². The fourth-order valence-electron chi connectivity index (χ4n) is 1.12. The van der Waals surface area contributed by atoms with Crippen molar-refractivity contribution in [2.24, 2.45) is 0 Å². The summed E-state index contributed by atoms with van der Waals surface area (Å²) in [6.07, 6.45) is 3.26. The Morgan fingerprint density at radius 2 is 2.36 bits per heavy atom. The van der Waals surface area contributed by atoms with Crippen LogP contribution in [0.3, 0.4) is 0 Å². The maximum Gasteiger partial charge on any atom is 0.356 e. The molecular formula is C9H6N2O2S. The molecule has 14 heavy (non-hydrogen) atoms. The van der Waals surface area contributed by atoms with Crippen LogP contribution in [0.1, 0.15) is 10.5 Å². The molecule has 2 aromatic heterocycles. The topological polar surface area (TPSA) is 63.1 Å². The lowest BCUT2D eigenvalue weighted by Crippen LogP contribution is -1.98. The van der Waals surface area contributed by atoms with E-state index in [-0.39, 0.29) is 5.69 Å². The maximum atomic E-state index is 10.8. The van der Waals surface area contributed by atoms with Gasteiger partial charge >= 0.3 is 5.97 Å². The molecule has 5 heteroatoms. The summed E-state index contributed by atoms with van der Waals surface area (Å²) in [7, 11) is 0. The Hall–Kier alpha value is -1.75. The number of aromatic nitrogens is 2. The first-order valence-corrected chi connectivity index (χ1v) is 4.71. The Bertz CT molecular complexity index is 453. The first-order valence-electron chi connectivity index (χ1n) is 3.87. The van der Waals surface area contributed by atoms with Gasteiger partial charge in [-0.1, -0.05) is 6.07 Å². The average molecular weight is 206 g/mol. The summed E-state index contributed by atoms with van der Waals surface area (Å²) in [5.74, 6) is -1.01. The highest BCUT2D eigenvalue weighted by Gasteiger charge is 2.14. The lowest BCUT2D eigenvalue weighted by Gasteiger charge is -1.96. The monoisotopic (exact) mass is 206 g/mol. The minimum Gasteiger partial charge on any atom is -0.476 e. The van der Waals surface area contributed by atoms with Gasteiger partial charge in [0.15, 0.2) is 5.69 Å². The highest BCUT2D eigenvalue weighted by Crippen LogP contribution is 2.23. The van der Waals surface area contributed by atoms with Gasteiger partial charge in [-0.15, -0.1) is 0 Å². The third-order valence-corrected chi connectivity index (χ3v) is 2.37. The van der Waals surface area contributed by atoms with Gasteiger partial charge in [-0.05, 0) is 17.6 Å². The standard InChI is InChI=1S/C9H6N2O2S/c12-9(13)8-7(5-14-11-8)6-2-1-3-10-4-6/h1-5H,(H,12,13). The fraction of sp³-hybridized carbons (Fsp3) is 0. The summed E-state index contributed by atoms with van der Waals surface area (Å²) in [6.45, 7) is 0. The minimum atomic E-state index is -1.01. The molecule has 0 spiro atoms. The zero-order valence-electron chi connectivity index (χ0n) is 7.04. The Balaban J connectivity index is 2.52. The Morgan fingerprint density at radius 1 is 1.50 bits per heavy atom. The predicted molar refractivity (Wildman–Crippen MR) is 52.3 cm³/mol. The number of carbonyl (C=O) groups is 1. The van der Waals surface area contributed by atoms with Crippen molar-refractivity contribution in [1.82, 2.24) is 9.36 Å². The molecule has 0 saturated carbocycles. The lowest BCUT2D eigenvalue weighted by molar-refractivity contribution is 0.0693. The molecule has 70 valence electrons. The molecule has 0 radical (unpaired) electrons. The van der Waals surface area contributed by atoms with Gasteiger partial charge in [0.2, 0.25) is 0 Å². The summed E-state index contributed by atoms with van der Waals surface area (Å²) in [5.41, 5.74) is 1.48. The van der Waals surface area contributed by atoms with Crippen molar-refractivity contribution in [3.63, 3.8) is 0 Å². The van der Waals surface area contributed by atoms with Gasteiger partial charge < -0.3 is 5.11 Å². The van der Waals surface area contributed by atoms with Crippen molar-refractivity contribution in [2.75, 3.05) is 0 Å². The van der Waals surface area contributed by atoms with Crippen LogP contribution in [0.4, 0.5) is 0 Å². The number of hydrogen-bond acceptors (Lipinski definition) is 4. The average Bonchev–Trinajstić information content (AvgIpc) is 2.67. The van der Waals surface area contributed by atoms with Gasteiger partial charge in [0, 0.05) is 28.9 Å². The van der Waals surface area contributed by atoms with Crippen LogP contribution < -0.4 is 0 Å². The second-order valence-electron chi connectivity index (χ2n) is 2.62. The molecule has 0 unspecified atom stereocenters. The van der Waals surface area contributed by atoms with E-state index < -0.39 is 5.97 Å². The van der Waals surface area contributed by atoms with E-state index in [4.69, 9.17) is 5.11 Å². The van der Waals surface area contributed by atoms with Crippen LogP contribution in [0.15, 0.2) is 29.9 Å². The van der Waals surface area contributed by atoms with Crippen molar-refractivity contribution in [2.45, 2.75) is 0 Å². The minimum absolute atomic E-state index is 0.0861. The molecule has 0 amide bonds. The van der Waals surface area contributed by atoms with E-state index in [1.165, 1.54) is 0 Å². The van der Waals surface area contributed by atoms with Crippen LogP contribution in [0.2, 0.25) is 0 Å². The number of pyridine rings is 1. The predicted octanol–water partition coefficient (Wildman–Crippen LogP) is 1.90. The number of hydrogen-bond donors (Lipinski definition) is 1. The zero-order valence-corrected chi connectivity index (χ0v) is 7.86. The van der Waals surface area contributed by atoms with Crippen molar-refractivity contribution in [1.29, 1.82) is 0 Å². The SMILES string of the molecule is O=C(O)c1nscc1-c1cccnc1. The number of carboxylic acid groups (broad SMARTS) is 1. The van der Waals surface area contributed by atoms with Crippen LogP contribution in [0.25, 0.3) is 11.1 Å². The number of aromatic carboxylic acids is 1. The quantitative estimate of drug-likeness (QED) is 0.815. The zero-order chi connectivity index (χ0) is 9.97. The third-order valence-electron chi connectivity index (χ3n) is 1.74. The molecule has 2 heterocycles. The van der Waals surface area contributed by atoms with Gasteiger partial charge in [0.1, 0.15) is 0 Å². The van der Waals surface area contributed by atoms with Crippen molar-refractivity contribution in [3.8, 4) is 11.1 Å². The van der Waals surface area contributed by atoms with Gasteiger partial charge in [0.25, 0.3) is 0 Å². The van der Waals surface area contributed by atoms with E-state index in [9.17, 15) is 4.79 Å². The van der Waals surface area contributed by atoms with Crippen LogP contribution in [0, 0.1) is 0 Å².